The van der Waals surface area contributed by atoms with Crippen LogP contribution in [0.1, 0.15) is 47.5 Å². The number of carbonyl (C=O) groups is 1. The first-order chi connectivity index (χ1) is 7.95. The Morgan fingerprint density at radius 3 is 2.35 bits per heavy atom. The summed E-state index contributed by atoms with van der Waals surface area (Å²) in [6.07, 6.45) is 2.02. The topological polar surface area (TPSA) is 32.3 Å². The van der Waals surface area contributed by atoms with Crippen molar-refractivity contribution >= 4 is 5.91 Å². The van der Waals surface area contributed by atoms with Crippen LogP contribution in [-0.2, 0) is 4.79 Å². The lowest BCUT2D eigenvalue weighted by Crippen LogP contribution is -2.50. The second kappa shape index (κ2) is 5.85. The van der Waals surface area contributed by atoms with Crippen molar-refractivity contribution < 1.29 is 4.79 Å². The Bertz CT molecular complexity index is 255. The monoisotopic (exact) mass is 240 g/mol. The van der Waals surface area contributed by atoms with Crippen LogP contribution in [0.3, 0.4) is 0 Å². The largest absolute Gasteiger partial charge is 0.340 e. The van der Waals surface area contributed by atoms with Gasteiger partial charge >= 0.3 is 0 Å². The molecule has 1 aliphatic rings. The van der Waals surface area contributed by atoms with Gasteiger partial charge in [-0.05, 0) is 39.2 Å². The minimum absolute atomic E-state index is 0.167. The molecule has 0 aromatic heterocycles. The molecule has 0 aliphatic carbocycles. The zero-order valence-electron chi connectivity index (χ0n) is 12.0. The van der Waals surface area contributed by atoms with Gasteiger partial charge in [-0.1, -0.05) is 20.8 Å². The summed E-state index contributed by atoms with van der Waals surface area (Å²) in [4.78, 5) is 14.9. The van der Waals surface area contributed by atoms with Crippen LogP contribution in [0.2, 0.25) is 0 Å². The highest BCUT2D eigenvalue weighted by atomic mass is 16.2. The van der Waals surface area contributed by atoms with Crippen LogP contribution < -0.4 is 5.32 Å². The second-order valence-corrected chi connectivity index (χ2v) is 5.83. The predicted octanol–water partition coefficient (Wildman–Crippen LogP) is 2.27. The minimum atomic E-state index is -0.167. The third kappa shape index (κ3) is 2.82. The number of rotatable bonds is 5. The lowest BCUT2D eigenvalue weighted by molar-refractivity contribution is -0.145. The third-order valence-electron chi connectivity index (χ3n) is 4.07. The molecule has 1 N–H and O–H groups in total. The van der Waals surface area contributed by atoms with Gasteiger partial charge in [0.05, 0.1) is 5.41 Å². The highest BCUT2D eigenvalue weighted by Crippen LogP contribution is 2.36. The Morgan fingerprint density at radius 2 is 2.00 bits per heavy atom. The molecule has 1 rings (SSSR count). The van der Waals surface area contributed by atoms with Crippen LogP contribution in [0, 0.1) is 11.3 Å². The van der Waals surface area contributed by atoms with Crippen molar-refractivity contribution in [1.29, 1.82) is 0 Å². The summed E-state index contributed by atoms with van der Waals surface area (Å²) in [7, 11) is 0. The first-order valence-corrected chi connectivity index (χ1v) is 6.97. The van der Waals surface area contributed by atoms with Crippen molar-refractivity contribution in [2.75, 3.05) is 19.6 Å². The van der Waals surface area contributed by atoms with Crippen molar-refractivity contribution in [2.45, 2.75) is 53.5 Å². The molecule has 1 unspecified atom stereocenters. The Morgan fingerprint density at radius 1 is 1.35 bits per heavy atom. The van der Waals surface area contributed by atoms with E-state index in [2.05, 4.69) is 44.8 Å². The van der Waals surface area contributed by atoms with Crippen LogP contribution in [0.25, 0.3) is 0 Å². The molecule has 3 nitrogen and oxygen atoms in total. The van der Waals surface area contributed by atoms with Crippen LogP contribution in [-0.4, -0.2) is 36.5 Å². The van der Waals surface area contributed by atoms with E-state index >= 15 is 0 Å². The maximum Gasteiger partial charge on any atom is 0.230 e. The van der Waals surface area contributed by atoms with Crippen molar-refractivity contribution in [3.8, 4) is 0 Å². The minimum Gasteiger partial charge on any atom is -0.340 e. The molecule has 17 heavy (non-hydrogen) atoms. The average Bonchev–Trinajstić information content (AvgIpc) is 2.74. The summed E-state index contributed by atoms with van der Waals surface area (Å²) in [5.74, 6) is 0.762. The lowest BCUT2D eigenvalue weighted by atomic mass is 9.75. The van der Waals surface area contributed by atoms with Crippen LogP contribution in [0.15, 0.2) is 0 Å². The standard InChI is InChI=1S/C14H28N2O/c1-6-9-16(12(4)5)13(17)14(11(2)3)7-8-15-10-14/h11-12,15H,6-10H2,1-5H3. The number of amides is 1. The third-order valence-corrected chi connectivity index (χ3v) is 4.07. The molecule has 0 bridgehead atoms. The molecule has 100 valence electrons. The van der Waals surface area contributed by atoms with Gasteiger partial charge in [-0.3, -0.25) is 4.79 Å². The van der Waals surface area contributed by atoms with Gasteiger partial charge in [0, 0.05) is 19.1 Å². The molecule has 1 aliphatic heterocycles. The molecular weight excluding hydrogens is 212 g/mol. The van der Waals surface area contributed by atoms with E-state index in [4.69, 9.17) is 0 Å². The first-order valence-electron chi connectivity index (χ1n) is 6.97. The lowest BCUT2D eigenvalue weighted by Gasteiger charge is -2.38. The summed E-state index contributed by atoms with van der Waals surface area (Å²) in [6.45, 7) is 13.4. The van der Waals surface area contributed by atoms with Gasteiger partial charge in [0.1, 0.15) is 0 Å². The highest BCUT2D eigenvalue weighted by molar-refractivity contribution is 5.84. The van der Waals surface area contributed by atoms with E-state index in [0.29, 0.717) is 17.9 Å². The van der Waals surface area contributed by atoms with E-state index in [9.17, 15) is 4.79 Å². The van der Waals surface area contributed by atoms with Gasteiger partial charge in [-0.2, -0.15) is 0 Å². The van der Waals surface area contributed by atoms with Crippen molar-refractivity contribution in [1.82, 2.24) is 10.2 Å². The quantitative estimate of drug-likeness (QED) is 0.799. The summed E-state index contributed by atoms with van der Waals surface area (Å²) < 4.78 is 0. The van der Waals surface area contributed by atoms with Crippen LogP contribution >= 0.6 is 0 Å². The molecule has 1 fully saturated rings. The number of hydrogen-bond donors (Lipinski definition) is 1. The van der Waals surface area contributed by atoms with E-state index < -0.39 is 0 Å². The predicted molar refractivity (Wildman–Crippen MR) is 71.9 cm³/mol. The van der Waals surface area contributed by atoms with Gasteiger partial charge in [-0.25, -0.2) is 0 Å². The summed E-state index contributed by atoms with van der Waals surface area (Å²) in [6, 6.07) is 0.304. The molecule has 1 amide bonds. The molecule has 1 heterocycles. The fraction of sp³-hybridized carbons (Fsp3) is 0.929. The van der Waals surface area contributed by atoms with E-state index in [1.165, 1.54) is 0 Å². The Balaban J connectivity index is 2.90. The number of hydrogen-bond acceptors (Lipinski definition) is 2. The fourth-order valence-electron chi connectivity index (χ4n) is 2.75. The molecule has 1 saturated heterocycles. The molecule has 0 radical (unpaired) electrons. The summed E-state index contributed by atoms with van der Waals surface area (Å²) >= 11 is 0. The van der Waals surface area contributed by atoms with Gasteiger partial charge < -0.3 is 10.2 Å². The van der Waals surface area contributed by atoms with Gasteiger partial charge in [0.2, 0.25) is 5.91 Å². The van der Waals surface area contributed by atoms with E-state index in [0.717, 1.165) is 32.5 Å². The van der Waals surface area contributed by atoms with Gasteiger partial charge in [0.25, 0.3) is 0 Å². The summed E-state index contributed by atoms with van der Waals surface area (Å²) in [5.41, 5.74) is -0.167. The Labute approximate surface area is 106 Å². The number of carbonyl (C=O) groups excluding carboxylic acids is 1. The van der Waals surface area contributed by atoms with Gasteiger partial charge in [0.15, 0.2) is 0 Å². The fourth-order valence-corrected chi connectivity index (χ4v) is 2.75. The van der Waals surface area contributed by atoms with Gasteiger partial charge in [-0.15, -0.1) is 0 Å². The molecule has 0 spiro atoms. The molecular formula is C14H28N2O. The second-order valence-electron chi connectivity index (χ2n) is 5.83. The average molecular weight is 240 g/mol. The van der Waals surface area contributed by atoms with E-state index in [1.807, 2.05) is 0 Å². The maximum absolute atomic E-state index is 12.8. The Kier molecular flexibility index (Phi) is 4.99. The molecule has 0 saturated carbocycles. The zero-order chi connectivity index (χ0) is 13.1. The number of nitrogens with one attached hydrogen (secondary N) is 1. The van der Waals surface area contributed by atoms with Crippen molar-refractivity contribution in [3.05, 3.63) is 0 Å². The van der Waals surface area contributed by atoms with Crippen molar-refractivity contribution in [3.63, 3.8) is 0 Å². The molecule has 3 heteroatoms. The van der Waals surface area contributed by atoms with Crippen molar-refractivity contribution in [2.24, 2.45) is 11.3 Å². The first kappa shape index (κ1) is 14.5. The highest BCUT2D eigenvalue weighted by Gasteiger charge is 2.46. The summed E-state index contributed by atoms with van der Waals surface area (Å²) in [5, 5.41) is 3.36. The normalized spacial score (nSPS) is 24.6. The molecule has 0 aromatic rings. The smallest absolute Gasteiger partial charge is 0.230 e. The SMILES string of the molecule is CCCN(C(=O)C1(C(C)C)CCNC1)C(C)C. The molecule has 0 aromatic carbocycles. The number of nitrogens with zero attached hydrogens (tertiary/aromatic N) is 1. The van der Waals surface area contributed by atoms with E-state index in [-0.39, 0.29) is 5.41 Å². The van der Waals surface area contributed by atoms with Crippen LogP contribution in [0.4, 0.5) is 0 Å². The van der Waals surface area contributed by atoms with Crippen LogP contribution in [0.5, 0.6) is 0 Å². The Hall–Kier alpha value is -0.570. The van der Waals surface area contributed by atoms with E-state index in [1.54, 1.807) is 0 Å². The zero-order valence-corrected chi connectivity index (χ0v) is 12.0. The molecule has 1 atom stereocenters. The maximum atomic E-state index is 12.8.